The molecule has 0 saturated carbocycles. The summed E-state index contributed by atoms with van der Waals surface area (Å²) in [7, 11) is 0. The molecule has 0 aliphatic heterocycles. The summed E-state index contributed by atoms with van der Waals surface area (Å²) in [5.41, 5.74) is 0.522. The predicted molar refractivity (Wildman–Crippen MR) is 116 cm³/mol. The van der Waals surface area contributed by atoms with Crippen LogP contribution in [0.1, 0.15) is 31.1 Å². The highest BCUT2D eigenvalue weighted by Gasteiger charge is 2.33. The maximum Gasteiger partial charge on any atom is 0.573 e. The van der Waals surface area contributed by atoms with Crippen molar-refractivity contribution in [2.24, 2.45) is 0 Å². The summed E-state index contributed by atoms with van der Waals surface area (Å²) in [6.45, 7) is 5.40. The topological polar surface area (TPSA) is 48.7 Å². The number of thiophene rings is 1. The van der Waals surface area contributed by atoms with Crippen LogP contribution in [0.4, 0.5) is 13.2 Å². The molecule has 0 saturated heterocycles. The molecule has 0 N–H and O–H groups in total. The van der Waals surface area contributed by atoms with E-state index in [1.165, 1.54) is 29.2 Å². The van der Waals surface area contributed by atoms with Gasteiger partial charge in [-0.2, -0.15) is 0 Å². The van der Waals surface area contributed by atoms with Gasteiger partial charge in [-0.1, -0.05) is 38.1 Å². The van der Waals surface area contributed by atoms with E-state index in [0.29, 0.717) is 22.6 Å². The largest absolute Gasteiger partial charge is 0.573 e. The predicted octanol–water partition coefficient (Wildman–Crippen LogP) is 7.57. The van der Waals surface area contributed by atoms with Crippen molar-refractivity contribution in [3.05, 3.63) is 47.9 Å². The summed E-state index contributed by atoms with van der Waals surface area (Å²) in [4.78, 5) is 13.1. The van der Waals surface area contributed by atoms with E-state index in [1.54, 1.807) is 18.2 Å². The number of hydrogen-bond donors (Lipinski definition) is 0. The van der Waals surface area contributed by atoms with Crippen molar-refractivity contribution in [3.8, 4) is 16.4 Å². The molecule has 0 radical (unpaired) electrons. The number of carbonyl (C=O) groups excluding carboxylic acids is 1. The number of aryl methyl sites for hydroxylation is 1. The van der Waals surface area contributed by atoms with Crippen molar-refractivity contribution in [1.29, 1.82) is 0 Å². The van der Waals surface area contributed by atoms with Gasteiger partial charge in [0.2, 0.25) is 0 Å². The van der Waals surface area contributed by atoms with Crippen molar-refractivity contribution in [2.45, 2.75) is 43.9 Å². The first kappa shape index (κ1) is 23.3. The molecule has 0 amide bonds. The quantitative estimate of drug-likeness (QED) is 0.101. The van der Waals surface area contributed by atoms with Crippen LogP contribution in [-0.4, -0.2) is 18.3 Å². The highest BCUT2D eigenvalue weighted by Crippen LogP contribution is 2.43. The molecule has 166 valence electrons. The molecule has 3 aromatic rings. The van der Waals surface area contributed by atoms with E-state index < -0.39 is 12.3 Å². The number of carbonyl (C=O) groups is 1. The van der Waals surface area contributed by atoms with E-state index in [-0.39, 0.29) is 11.7 Å². The Morgan fingerprint density at radius 1 is 1.26 bits per heavy atom. The minimum atomic E-state index is -4.78. The molecule has 0 fully saturated rings. The average Bonchev–Trinajstić information content (AvgIpc) is 3.30. The molecule has 1 aromatic carbocycles. The molecular weight excluding hydrogens is 449 g/mol. The number of hydrogen-bond acceptors (Lipinski definition) is 6. The van der Waals surface area contributed by atoms with Crippen LogP contribution in [-0.2, 0) is 16.0 Å². The number of unbranched alkanes of at least 4 members (excludes halogenated alkanes) is 2. The number of fused-ring (bicyclic) bond motifs is 1. The maximum absolute atomic E-state index is 12.9. The molecular formula is C22H21F3O4S2. The Morgan fingerprint density at radius 3 is 2.77 bits per heavy atom. The summed E-state index contributed by atoms with van der Waals surface area (Å²) >= 11 is 2.54. The Kier molecular flexibility index (Phi) is 7.72. The molecule has 4 nitrogen and oxygen atoms in total. The van der Waals surface area contributed by atoms with Gasteiger partial charge in [0.15, 0.2) is 5.75 Å². The lowest BCUT2D eigenvalue weighted by Gasteiger charge is -2.08. The molecule has 0 aliphatic rings. The van der Waals surface area contributed by atoms with Crippen molar-refractivity contribution in [3.63, 3.8) is 0 Å². The van der Waals surface area contributed by atoms with Gasteiger partial charge < -0.3 is 13.9 Å². The number of benzene rings is 1. The lowest BCUT2D eigenvalue weighted by molar-refractivity contribution is -0.274. The van der Waals surface area contributed by atoms with Gasteiger partial charge in [0, 0.05) is 21.2 Å². The Morgan fingerprint density at radius 2 is 2.06 bits per heavy atom. The van der Waals surface area contributed by atoms with Gasteiger partial charge in [-0.15, -0.1) is 24.5 Å². The molecule has 0 aliphatic carbocycles. The Bertz CT molecular complexity index is 1050. The number of rotatable bonds is 10. The zero-order valence-corrected chi connectivity index (χ0v) is 18.4. The second-order valence-corrected chi connectivity index (χ2v) is 8.78. The number of alkyl halides is 3. The first-order valence-electron chi connectivity index (χ1n) is 9.63. The number of halogens is 3. The number of thioether (sulfide) groups is 1. The average molecular weight is 471 g/mol. The fourth-order valence-corrected chi connectivity index (χ4v) is 4.64. The van der Waals surface area contributed by atoms with Crippen LogP contribution in [0.15, 0.2) is 52.3 Å². The molecule has 9 heteroatoms. The van der Waals surface area contributed by atoms with E-state index in [2.05, 4.69) is 18.2 Å². The third-order valence-corrected chi connectivity index (χ3v) is 6.32. The minimum Gasteiger partial charge on any atom is -0.455 e. The lowest BCUT2D eigenvalue weighted by atomic mass is 10.2. The Hall–Kier alpha value is -2.39. The number of esters is 1. The highest BCUT2D eigenvalue weighted by atomic mass is 32.2. The molecule has 0 atom stereocenters. The summed E-state index contributed by atoms with van der Waals surface area (Å²) in [6.07, 6.45) is -0.0666. The van der Waals surface area contributed by atoms with E-state index in [1.807, 2.05) is 6.07 Å². The third kappa shape index (κ3) is 6.54. The minimum absolute atomic E-state index is 0.111. The second kappa shape index (κ2) is 10.3. The third-order valence-electron chi connectivity index (χ3n) is 4.31. The van der Waals surface area contributed by atoms with Crippen molar-refractivity contribution >= 4 is 40.0 Å². The SMILES string of the molecule is C=CC(=O)OCSc1ccc2cc(-c3sc(CCCCC)cc3OC(F)(F)F)oc2c1. The van der Waals surface area contributed by atoms with Gasteiger partial charge >= 0.3 is 12.3 Å². The van der Waals surface area contributed by atoms with Gasteiger partial charge in [-0.25, -0.2) is 4.79 Å². The lowest BCUT2D eigenvalue weighted by Crippen LogP contribution is -2.17. The van der Waals surface area contributed by atoms with Crippen LogP contribution in [0.2, 0.25) is 0 Å². The van der Waals surface area contributed by atoms with Gasteiger partial charge in [-0.3, -0.25) is 0 Å². The van der Waals surface area contributed by atoms with Crippen LogP contribution in [0, 0.1) is 0 Å². The standard InChI is InChI=1S/C22H21F3O4S2/c1-3-5-6-7-16-12-19(29-22(23,24)25)21(31-16)18-10-14-8-9-15(11-17(14)28-18)30-13-27-20(26)4-2/h4,8-12H,2-3,5-7,13H2,1H3. The summed E-state index contributed by atoms with van der Waals surface area (Å²) in [5, 5.41) is 0.751. The zero-order chi connectivity index (χ0) is 22.4. The van der Waals surface area contributed by atoms with E-state index in [0.717, 1.165) is 40.5 Å². The summed E-state index contributed by atoms with van der Waals surface area (Å²) < 4.78 is 53.8. The summed E-state index contributed by atoms with van der Waals surface area (Å²) in [6, 6.07) is 8.54. The van der Waals surface area contributed by atoms with Crippen LogP contribution in [0.3, 0.4) is 0 Å². The fourth-order valence-electron chi connectivity index (χ4n) is 2.89. The van der Waals surface area contributed by atoms with Crippen LogP contribution < -0.4 is 4.74 Å². The summed E-state index contributed by atoms with van der Waals surface area (Å²) in [5.74, 6) is -0.326. The highest BCUT2D eigenvalue weighted by molar-refractivity contribution is 7.99. The molecule has 3 rings (SSSR count). The van der Waals surface area contributed by atoms with Gasteiger partial charge in [0.05, 0.1) is 0 Å². The van der Waals surface area contributed by atoms with Crippen molar-refractivity contribution in [2.75, 3.05) is 5.94 Å². The van der Waals surface area contributed by atoms with Gasteiger partial charge in [-0.05, 0) is 43.2 Å². The first-order chi connectivity index (χ1) is 14.8. The molecule has 2 aromatic heterocycles. The maximum atomic E-state index is 12.9. The van der Waals surface area contributed by atoms with Crippen LogP contribution in [0.25, 0.3) is 21.6 Å². The molecule has 0 spiro atoms. The normalized spacial score (nSPS) is 11.6. The molecule has 31 heavy (non-hydrogen) atoms. The first-order valence-corrected chi connectivity index (χ1v) is 11.4. The van der Waals surface area contributed by atoms with Crippen molar-refractivity contribution in [1.82, 2.24) is 0 Å². The van der Waals surface area contributed by atoms with Gasteiger partial charge in [0.25, 0.3) is 0 Å². The van der Waals surface area contributed by atoms with E-state index >= 15 is 0 Å². The van der Waals surface area contributed by atoms with Gasteiger partial charge in [0.1, 0.15) is 22.2 Å². The Balaban J connectivity index is 1.85. The van der Waals surface area contributed by atoms with E-state index in [4.69, 9.17) is 9.15 Å². The van der Waals surface area contributed by atoms with Crippen LogP contribution in [0.5, 0.6) is 5.75 Å². The zero-order valence-electron chi connectivity index (χ0n) is 16.8. The monoisotopic (exact) mass is 470 g/mol. The van der Waals surface area contributed by atoms with Crippen LogP contribution >= 0.6 is 23.1 Å². The molecule has 0 bridgehead atoms. The number of furan rings is 1. The molecule has 0 unspecified atom stereocenters. The number of ether oxygens (including phenoxy) is 2. The Labute approximate surface area is 186 Å². The van der Waals surface area contributed by atoms with Crippen molar-refractivity contribution < 1.29 is 31.9 Å². The smallest absolute Gasteiger partial charge is 0.455 e. The second-order valence-electron chi connectivity index (χ2n) is 6.65. The molecule has 2 heterocycles. The fraction of sp³-hybridized carbons (Fsp3) is 0.318. The van der Waals surface area contributed by atoms with E-state index in [9.17, 15) is 18.0 Å².